The Hall–Kier alpha value is -3.42. The van der Waals surface area contributed by atoms with Crippen molar-refractivity contribution in [3.8, 4) is 0 Å². The topological polar surface area (TPSA) is 83.7 Å². The van der Waals surface area contributed by atoms with Crippen LogP contribution < -0.4 is 4.90 Å². The van der Waals surface area contributed by atoms with Crippen LogP contribution in [0.2, 0.25) is 0 Å². The molecule has 0 spiro atoms. The Morgan fingerprint density at radius 2 is 1.88 bits per heavy atom. The third-order valence-corrected chi connectivity index (χ3v) is 8.76. The monoisotopic (exact) mass is 591 g/mol. The summed E-state index contributed by atoms with van der Waals surface area (Å²) < 4.78 is 79.9. The van der Waals surface area contributed by atoms with E-state index in [9.17, 15) is 27.5 Å². The fourth-order valence-corrected chi connectivity index (χ4v) is 6.08. The highest BCUT2D eigenvalue weighted by atomic mass is 19.4. The Morgan fingerprint density at radius 1 is 1.14 bits per heavy atom. The van der Waals surface area contributed by atoms with Gasteiger partial charge in [0, 0.05) is 37.9 Å². The van der Waals surface area contributed by atoms with Crippen LogP contribution in [-0.2, 0) is 36.5 Å². The van der Waals surface area contributed by atoms with Crippen LogP contribution >= 0.6 is 0 Å². The number of hydrogen-bond donors (Lipinski definition) is 1. The number of piperidine rings is 1. The quantitative estimate of drug-likeness (QED) is 0.414. The highest BCUT2D eigenvalue weighted by Crippen LogP contribution is 2.47. The fourth-order valence-electron chi connectivity index (χ4n) is 6.08. The number of aliphatic hydroxyl groups is 1. The number of rotatable bonds is 7. The number of halogens is 5. The summed E-state index contributed by atoms with van der Waals surface area (Å²) in [6.07, 6.45) is -4.71. The Balaban J connectivity index is 1.29. The number of nitrogens with zero attached hydrogens (tertiary/aromatic N) is 5. The molecule has 2 fully saturated rings. The minimum absolute atomic E-state index is 0.0402. The maximum absolute atomic E-state index is 15.9. The number of aromatic nitrogens is 3. The van der Waals surface area contributed by atoms with E-state index in [2.05, 4.69) is 10.2 Å². The first-order chi connectivity index (χ1) is 19.9. The smallest absolute Gasteiger partial charge is 0.393 e. The van der Waals surface area contributed by atoms with E-state index in [4.69, 9.17) is 4.74 Å². The largest absolute Gasteiger partial charge is 0.416 e. The van der Waals surface area contributed by atoms with Gasteiger partial charge in [-0.1, -0.05) is 12.1 Å². The number of aryl methyl sites for hydroxylation is 1. The van der Waals surface area contributed by atoms with Crippen LogP contribution in [0.25, 0.3) is 0 Å². The highest BCUT2D eigenvalue weighted by Gasteiger charge is 2.51. The van der Waals surface area contributed by atoms with Crippen molar-refractivity contribution in [1.82, 2.24) is 19.7 Å². The van der Waals surface area contributed by atoms with Gasteiger partial charge in [-0.15, -0.1) is 10.2 Å². The standard InChI is InChI=1S/C29H30F5N5O3/c1-37-17-35-36-25(37)24(30)28(15-42-16-28)19-3-2-4-20(11-19)39-13-22-21(26(39)41)9-18(10-23(22)29(32,33)34)12-38-7-5-27(31,14-40)6-8-38/h2-4,9-11,17,24,40H,5-8,12-16H2,1H3/t24-/m0/s1. The molecule has 0 aliphatic carbocycles. The van der Waals surface area contributed by atoms with Crippen LogP contribution in [-0.4, -0.2) is 69.3 Å². The van der Waals surface area contributed by atoms with Crippen LogP contribution in [0.4, 0.5) is 27.6 Å². The molecule has 6 rings (SSSR count). The number of hydrogen-bond acceptors (Lipinski definition) is 6. The number of amides is 1. The normalized spacial score (nSPS) is 20.8. The molecule has 224 valence electrons. The summed E-state index contributed by atoms with van der Waals surface area (Å²) in [6.45, 7) is -0.0807. The lowest BCUT2D eigenvalue weighted by molar-refractivity contribution is -0.138. The number of benzene rings is 2. The summed E-state index contributed by atoms with van der Waals surface area (Å²) in [5.74, 6) is -0.460. The van der Waals surface area contributed by atoms with Crippen molar-refractivity contribution in [1.29, 1.82) is 0 Å². The van der Waals surface area contributed by atoms with Gasteiger partial charge in [-0.2, -0.15) is 13.2 Å². The summed E-state index contributed by atoms with van der Waals surface area (Å²) in [7, 11) is 1.63. The van der Waals surface area contributed by atoms with Crippen molar-refractivity contribution in [3.05, 3.63) is 76.4 Å². The third-order valence-electron chi connectivity index (χ3n) is 8.76. The van der Waals surface area contributed by atoms with E-state index in [0.717, 1.165) is 6.07 Å². The maximum atomic E-state index is 15.9. The summed E-state index contributed by atoms with van der Waals surface area (Å²) in [4.78, 5) is 16.7. The molecule has 1 amide bonds. The van der Waals surface area contributed by atoms with Gasteiger partial charge in [0.1, 0.15) is 12.0 Å². The average molecular weight is 592 g/mol. The number of aliphatic hydroxyl groups excluding tert-OH is 1. The zero-order valence-corrected chi connectivity index (χ0v) is 22.9. The Morgan fingerprint density at radius 3 is 2.48 bits per heavy atom. The number of ether oxygens (including phenoxy) is 1. The Bertz CT molecular complexity index is 1500. The Kier molecular flexibility index (Phi) is 7.09. The van der Waals surface area contributed by atoms with Crippen LogP contribution in [0, 0.1) is 0 Å². The van der Waals surface area contributed by atoms with E-state index in [0.29, 0.717) is 16.8 Å². The summed E-state index contributed by atoms with van der Waals surface area (Å²) in [5, 5.41) is 16.9. The first-order valence-electron chi connectivity index (χ1n) is 13.7. The van der Waals surface area contributed by atoms with E-state index in [1.54, 1.807) is 31.3 Å². The highest BCUT2D eigenvalue weighted by molar-refractivity contribution is 6.10. The minimum atomic E-state index is -4.70. The van der Waals surface area contributed by atoms with Crippen molar-refractivity contribution in [2.24, 2.45) is 7.05 Å². The fraction of sp³-hybridized carbons (Fsp3) is 0.483. The number of alkyl halides is 5. The van der Waals surface area contributed by atoms with Gasteiger partial charge in [-0.05, 0) is 53.8 Å². The number of anilines is 1. The van der Waals surface area contributed by atoms with Crippen molar-refractivity contribution < 1.29 is 36.6 Å². The zero-order chi connectivity index (χ0) is 29.9. The van der Waals surface area contributed by atoms with Gasteiger partial charge in [0.25, 0.3) is 5.91 Å². The van der Waals surface area contributed by atoms with E-state index < -0.39 is 41.5 Å². The molecule has 0 saturated carbocycles. The van der Waals surface area contributed by atoms with E-state index in [1.807, 2.05) is 4.90 Å². The van der Waals surface area contributed by atoms with Gasteiger partial charge in [-0.3, -0.25) is 9.69 Å². The first kappa shape index (κ1) is 28.7. The molecule has 1 atom stereocenters. The number of carbonyl (C=O) groups excluding carboxylic acids is 1. The van der Waals surface area contributed by atoms with Crippen molar-refractivity contribution in [3.63, 3.8) is 0 Å². The molecule has 1 aromatic heterocycles. The number of carbonyl (C=O) groups is 1. The molecule has 1 N–H and O–H groups in total. The summed E-state index contributed by atoms with van der Waals surface area (Å²) in [5.41, 5.74) is -2.62. The molecule has 3 aromatic rings. The molecule has 3 aliphatic rings. The lowest BCUT2D eigenvalue weighted by Crippen LogP contribution is -2.50. The lowest BCUT2D eigenvalue weighted by atomic mass is 9.74. The second-order valence-corrected chi connectivity index (χ2v) is 11.5. The van der Waals surface area contributed by atoms with E-state index in [1.165, 1.54) is 21.9 Å². The lowest BCUT2D eigenvalue weighted by Gasteiger charge is -2.43. The molecule has 0 radical (unpaired) electrons. The minimum Gasteiger partial charge on any atom is -0.393 e. The molecule has 3 aliphatic heterocycles. The van der Waals surface area contributed by atoms with Gasteiger partial charge in [0.05, 0.1) is 37.3 Å². The third kappa shape index (κ3) is 4.86. The van der Waals surface area contributed by atoms with Crippen LogP contribution in [0.1, 0.15) is 57.4 Å². The number of fused-ring (bicyclic) bond motifs is 1. The van der Waals surface area contributed by atoms with Gasteiger partial charge in [0.2, 0.25) is 0 Å². The van der Waals surface area contributed by atoms with Crippen molar-refractivity contribution >= 4 is 11.6 Å². The molecule has 4 heterocycles. The molecule has 2 aromatic carbocycles. The van der Waals surface area contributed by atoms with Gasteiger partial charge in [0.15, 0.2) is 12.0 Å². The molecule has 2 saturated heterocycles. The van der Waals surface area contributed by atoms with Crippen molar-refractivity contribution in [2.75, 3.05) is 37.8 Å². The molecular formula is C29H30F5N5O3. The van der Waals surface area contributed by atoms with E-state index >= 15 is 4.39 Å². The van der Waals surface area contributed by atoms with Gasteiger partial charge in [-0.25, -0.2) is 8.78 Å². The Labute approximate surface area is 238 Å². The summed E-state index contributed by atoms with van der Waals surface area (Å²) >= 11 is 0. The summed E-state index contributed by atoms with van der Waals surface area (Å²) in [6, 6.07) is 9.14. The number of likely N-dealkylation sites (tertiary alicyclic amines) is 1. The zero-order valence-electron chi connectivity index (χ0n) is 22.9. The maximum Gasteiger partial charge on any atom is 0.416 e. The predicted octanol–water partition coefficient (Wildman–Crippen LogP) is 4.27. The average Bonchev–Trinajstić information content (AvgIpc) is 3.51. The molecule has 8 nitrogen and oxygen atoms in total. The first-order valence-corrected chi connectivity index (χ1v) is 13.7. The second kappa shape index (κ2) is 10.4. The molecule has 42 heavy (non-hydrogen) atoms. The van der Waals surface area contributed by atoms with E-state index in [-0.39, 0.29) is 69.2 Å². The SMILES string of the molecule is Cn1cnnc1[C@H](F)C1(c2cccc(N3Cc4c(cc(CN5CCC(F)(CO)CC5)cc4C(F)(F)F)C3=O)c2)COC1. The molecular weight excluding hydrogens is 561 g/mol. The van der Waals surface area contributed by atoms with Crippen LogP contribution in [0.3, 0.4) is 0 Å². The predicted molar refractivity (Wildman–Crippen MR) is 141 cm³/mol. The van der Waals surface area contributed by atoms with Gasteiger partial charge < -0.3 is 19.3 Å². The molecule has 0 unspecified atom stereocenters. The molecule has 0 bridgehead atoms. The molecule has 13 heteroatoms. The van der Waals surface area contributed by atoms with Crippen LogP contribution in [0.15, 0.2) is 42.7 Å². The van der Waals surface area contributed by atoms with Crippen LogP contribution in [0.5, 0.6) is 0 Å². The van der Waals surface area contributed by atoms with Gasteiger partial charge >= 0.3 is 6.18 Å². The van der Waals surface area contributed by atoms with Crippen molar-refractivity contribution in [2.45, 2.75) is 49.4 Å². The second-order valence-electron chi connectivity index (χ2n) is 11.5.